The average molecular weight is 1970 g/mol. The number of hydrogen-bond donors (Lipinski definition) is 14. The van der Waals surface area contributed by atoms with E-state index < -0.39 is 125 Å². The van der Waals surface area contributed by atoms with Crippen molar-refractivity contribution in [3.8, 4) is 0 Å². The predicted octanol–water partition coefficient (Wildman–Crippen LogP) is -0.0727. The summed E-state index contributed by atoms with van der Waals surface area (Å²) in [5.41, 5.74) is -1.19. The molecule has 0 radical (unpaired) electrons. The third-order valence-electron chi connectivity index (χ3n) is 16.0. The molecule has 136 heavy (non-hydrogen) atoms. The van der Waals surface area contributed by atoms with Crippen molar-refractivity contribution in [2.45, 2.75) is 132 Å². The Bertz CT molecular complexity index is 3600. The number of rotatable bonds is 68. The van der Waals surface area contributed by atoms with Crippen LogP contribution in [-0.2, 0) is 115 Å². The zero-order valence-corrected chi connectivity index (χ0v) is 81.7. The topological polar surface area (TPSA) is 626 Å². The van der Waals surface area contributed by atoms with Gasteiger partial charge in [0.2, 0.25) is 0 Å². The molecule has 0 spiro atoms. The predicted molar refractivity (Wildman–Crippen MR) is 500 cm³/mol. The smallest absolute Gasteiger partial charge is 0.349 e. The number of nitrogens with zero attached hydrogens (tertiary/aromatic N) is 6. The molecule has 44 nitrogen and oxygen atoms in total. The molecule has 0 aromatic carbocycles. The van der Waals surface area contributed by atoms with Crippen LogP contribution in [0.1, 0.15) is 120 Å². The normalized spacial score (nSPS) is 11.3. The summed E-state index contributed by atoms with van der Waals surface area (Å²) in [5.74, 6) is -8.92. The lowest BCUT2D eigenvalue weighted by Gasteiger charge is -2.17. The van der Waals surface area contributed by atoms with Crippen LogP contribution in [0, 0.1) is 0 Å². The van der Waals surface area contributed by atoms with Crippen molar-refractivity contribution in [1.82, 2.24) is 29.4 Å². The van der Waals surface area contributed by atoms with Crippen LogP contribution in [-0.4, -0.2) is 425 Å². The van der Waals surface area contributed by atoms with Gasteiger partial charge in [-0.25, -0.2) is 61.2 Å². The highest BCUT2D eigenvalue weighted by Gasteiger charge is 2.27. The second-order valence-corrected chi connectivity index (χ2v) is 29.5. The van der Waals surface area contributed by atoms with Gasteiger partial charge in [-0.05, 0) is 189 Å². The minimum absolute atomic E-state index is 0.0265. The maximum absolute atomic E-state index is 12.1. The van der Waals surface area contributed by atoms with Gasteiger partial charge in [0.05, 0.1) is 126 Å². The fraction of sp³-hybridized carbons (Fsp3) is 0.615. The van der Waals surface area contributed by atoms with Crippen LogP contribution in [0.3, 0.4) is 0 Å². The van der Waals surface area contributed by atoms with E-state index in [9.17, 15) is 71.4 Å². The minimum Gasteiger partial charge on any atom is -0.465 e. The Kier molecular flexibility index (Phi) is 94.6. The number of carbonyl (C=O) groups excluding carboxylic acids is 11. The van der Waals surface area contributed by atoms with Gasteiger partial charge in [-0.1, -0.05) is 40.5 Å². The average Bonchev–Trinajstić information content (AvgIpc) is 0.854. The van der Waals surface area contributed by atoms with Crippen LogP contribution >= 0.6 is 0 Å². The summed E-state index contributed by atoms with van der Waals surface area (Å²) in [6, 6.07) is 0. The Labute approximate surface area is 799 Å². The Morgan fingerprint density at radius 1 is 0.287 bits per heavy atom. The van der Waals surface area contributed by atoms with Gasteiger partial charge in [0.1, 0.15) is 53.3 Å². The van der Waals surface area contributed by atoms with Crippen molar-refractivity contribution in [3.63, 3.8) is 0 Å². The third kappa shape index (κ3) is 76.4. The number of esters is 11. The molecule has 0 rings (SSSR count). The first-order valence-electron chi connectivity index (χ1n) is 44.4. The quantitative estimate of drug-likeness (QED) is 0.00721. The van der Waals surface area contributed by atoms with Gasteiger partial charge >= 0.3 is 65.7 Å². The fourth-order valence-electron chi connectivity index (χ4n) is 8.91. The summed E-state index contributed by atoms with van der Waals surface area (Å²) >= 11 is 0. The first kappa shape index (κ1) is 136. The van der Waals surface area contributed by atoms with Gasteiger partial charge in [0.15, 0.2) is 14.7 Å². The van der Waals surface area contributed by atoms with Crippen molar-refractivity contribution in [3.05, 3.63) is 143 Å². The van der Waals surface area contributed by atoms with E-state index in [0.717, 1.165) is 58.2 Å². The molecule has 0 aliphatic heterocycles. The van der Waals surface area contributed by atoms with E-state index in [0.29, 0.717) is 77.8 Å². The molecular weight excluding hydrogens is 1820 g/mol. The molecule has 14 N–H and O–H groups in total. The van der Waals surface area contributed by atoms with Gasteiger partial charge in [0, 0.05) is 99.0 Å². The Morgan fingerprint density at radius 2 is 0.522 bits per heavy atom. The lowest BCUT2D eigenvalue weighted by molar-refractivity contribution is -0.152. The monoisotopic (exact) mass is 1970 g/mol. The van der Waals surface area contributed by atoms with Crippen LogP contribution in [0.4, 0.5) is 0 Å². The highest BCUT2D eigenvalue weighted by Crippen LogP contribution is 2.13. The summed E-state index contributed by atoms with van der Waals surface area (Å²) in [6.45, 7) is 17.6. The van der Waals surface area contributed by atoms with Crippen LogP contribution < -0.4 is 0 Å². The van der Waals surface area contributed by atoms with Crippen molar-refractivity contribution in [1.29, 1.82) is 0 Å². The number of aliphatic hydroxyl groups is 14. The summed E-state index contributed by atoms with van der Waals surface area (Å²) in [4.78, 5) is 140. The first-order chi connectivity index (χ1) is 65.1. The van der Waals surface area contributed by atoms with Crippen molar-refractivity contribution in [2.75, 3.05) is 238 Å². The summed E-state index contributed by atoms with van der Waals surface area (Å²) in [6.07, 6.45) is 31.0. The van der Waals surface area contributed by atoms with Crippen LogP contribution in [0.5, 0.6) is 0 Å². The second-order valence-electron chi connectivity index (χ2n) is 27.6. The number of carbonyl (C=O) groups is 11. The lowest BCUT2D eigenvalue weighted by Crippen LogP contribution is -2.27. The molecule has 0 saturated heterocycles. The van der Waals surface area contributed by atoms with Crippen molar-refractivity contribution < 1.29 is 185 Å². The van der Waals surface area contributed by atoms with E-state index in [4.69, 9.17) is 109 Å². The molecule has 2 atom stereocenters. The molecule has 45 heteroatoms. The van der Waals surface area contributed by atoms with Crippen molar-refractivity contribution >= 4 is 75.5 Å². The SMILES string of the molecule is CCCCOC(=O)C(=C/C=C/N(CCO)CCO)C(=O)OCCCC.CCCOC(=O)C(=C/C=C/N(CCO)CCO)C(=O)OCCC.CCN(/C=C/C=C(C(=O)OCC(O)CO)C(=O)OCC(O)CO)CC.CCOC(=O)C(=C/C=C/N(CCO)CCO)C(=O)OCC.CN(C)/C=C/C=C(C(=O)OCCCCO)C(=O)OCCCCO.COC(=O)/C(=C\C=C\N(CCO)CCO)S(C)(=O)=O. The number of hydrogen-bond acceptors (Lipinski definition) is 44. The van der Waals surface area contributed by atoms with Gasteiger partial charge in [0.25, 0.3) is 0 Å². The molecule has 0 aromatic rings. The summed E-state index contributed by atoms with van der Waals surface area (Å²) in [7, 11) is 1.03. The number of unbranched alkanes of at least 4 members (excludes halogenated alkanes) is 4. The zero-order valence-electron chi connectivity index (χ0n) is 80.9. The number of ether oxygens (including phenoxy) is 11. The van der Waals surface area contributed by atoms with Crippen LogP contribution in [0.15, 0.2) is 143 Å². The standard InChI is InChI=1S/C18H31NO6.C16H27NO8.2C16H27NO6.C14H23NO6.C11H19NO6S/c1-3-5-14-24-17(22)16(18(23)25-15-6-4-2)8-7-9-19(10-12-20)11-13-21;1-3-17(4-2)7-5-6-14(15(22)24-10-12(20)8-18)16(23)25-11-13(21)9-19;1-17(2)9-7-8-14(15(20)22-12-5-3-10-18)16(21)23-13-6-4-11-19;1-3-12-22-15(20)14(16(21)23-13-4-2)6-5-7-17(8-10-18)9-11-19;1-3-20-13(18)12(14(19)21-4-2)6-5-7-15(8-10-16)9-11-17;1-18-11(15)10(19(2,16)17)4-3-5-12(6-8-13)7-9-14/h7-9,20-21H,3-6,10-15H2,1-2H3;5-7,12-13,18-21H,3-4,8-11H2,1-2H3;7-9,18-19H,3-6,10-13H2,1-2H3;5-7,18-19H,3-4,8-13H2,1-2H3;5-7,16-17H,3-4,8-11H2,1-2H3;3-5,13-14H,6-9H2,1-2H3/b9-7+;7-5+,14-6?;9-7+;2*7-5+;5-3+,10-4+. The summed E-state index contributed by atoms with van der Waals surface area (Å²) < 4.78 is 76.3. The Morgan fingerprint density at radius 3 is 0.735 bits per heavy atom. The Balaban J connectivity index is -0.000000374. The van der Waals surface area contributed by atoms with E-state index in [2.05, 4.69) is 4.74 Å². The van der Waals surface area contributed by atoms with Gasteiger partial charge in [-0.2, -0.15) is 0 Å². The van der Waals surface area contributed by atoms with E-state index in [-0.39, 0.29) is 154 Å². The molecule has 0 saturated carbocycles. The van der Waals surface area contributed by atoms with E-state index in [1.54, 1.807) is 75.4 Å². The van der Waals surface area contributed by atoms with Gasteiger partial charge < -0.3 is 153 Å². The van der Waals surface area contributed by atoms with E-state index in [1.165, 1.54) is 67.0 Å². The molecule has 0 amide bonds. The van der Waals surface area contributed by atoms with E-state index in [1.807, 2.05) is 60.5 Å². The zero-order chi connectivity index (χ0) is 104. The largest absolute Gasteiger partial charge is 0.465 e. The minimum atomic E-state index is -3.68. The highest BCUT2D eigenvalue weighted by molar-refractivity contribution is 7.95. The molecular formula is C91H154N6O38S. The summed E-state index contributed by atoms with van der Waals surface area (Å²) in [5, 5.41) is 124. The third-order valence-corrected chi connectivity index (χ3v) is 17.1. The number of sulfone groups is 1. The Hall–Kier alpha value is -10.8. The maximum atomic E-state index is 12.1. The van der Waals surface area contributed by atoms with E-state index >= 15 is 0 Å². The second kappa shape index (κ2) is 94.6. The molecule has 0 aliphatic carbocycles. The van der Waals surface area contributed by atoms with Gasteiger partial charge in [-0.15, -0.1) is 0 Å². The highest BCUT2D eigenvalue weighted by atomic mass is 32.2. The molecule has 782 valence electrons. The number of allylic oxidation sites excluding steroid dienone is 12. The molecule has 0 aliphatic rings. The molecule has 0 bridgehead atoms. The van der Waals surface area contributed by atoms with Crippen molar-refractivity contribution in [2.24, 2.45) is 0 Å². The number of aliphatic hydroxyl groups excluding tert-OH is 14. The molecule has 0 heterocycles. The fourth-order valence-corrected chi connectivity index (χ4v) is 9.62. The van der Waals surface area contributed by atoms with Gasteiger partial charge in [-0.3, -0.25) is 0 Å². The first-order valence-corrected chi connectivity index (χ1v) is 46.3. The number of methoxy groups -OCH3 is 1. The molecule has 0 fully saturated rings. The maximum Gasteiger partial charge on any atom is 0.349 e. The molecule has 0 aromatic heterocycles. The van der Waals surface area contributed by atoms with Crippen LogP contribution in [0.2, 0.25) is 0 Å². The lowest BCUT2D eigenvalue weighted by atomic mass is 10.2. The molecule has 2 unspecified atom stereocenters. The van der Waals surface area contributed by atoms with Crippen LogP contribution in [0.25, 0.3) is 0 Å².